The molecule has 0 radical (unpaired) electrons. The van der Waals surface area contributed by atoms with E-state index in [1.54, 1.807) is 12.1 Å². The summed E-state index contributed by atoms with van der Waals surface area (Å²) in [5.41, 5.74) is 4.50. The molecule has 2 aromatic rings. The Balaban J connectivity index is 1.80. The van der Waals surface area contributed by atoms with Crippen molar-refractivity contribution in [3.63, 3.8) is 0 Å². The third-order valence-electron chi connectivity index (χ3n) is 4.64. The van der Waals surface area contributed by atoms with Crippen LogP contribution in [0.15, 0.2) is 64.8 Å². The molecule has 4 heteroatoms. The molecule has 120 valence electrons. The van der Waals surface area contributed by atoms with Crippen LogP contribution in [0.25, 0.3) is 0 Å². The molecule has 1 aliphatic heterocycles. The van der Waals surface area contributed by atoms with Crippen molar-refractivity contribution in [3.8, 4) is 0 Å². The van der Waals surface area contributed by atoms with E-state index in [-0.39, 0.29) is 17.5 Å². The van der Waals surface area contributed by atoms with Crippen molar-refractivity contribution in [1.82, 2.24) is 0 Å². The van der Waals surface area contributed by atoms with E-state index in [1.165, 1.54) is 6.07 Å². The molecule has 2 aliphatic rings. The van der Waals surface area contributed by atoms with Gasteiger partial charge < -0.3 is 5.32 Å². The minimum atomic E-state index is -0.257. The fraction of sp³-hybridized carbons (Fsp3) is 0.200. The van der Waals surface area contributed by atoms with Gasteiger partial charge in [0.1, 0.15) is 5.82 Å². The summed E-state index contributed by atoms with van der Waals surface area (Å²) in [4.78, 5) is 17.5. The van der Waals surface area contributed by atoms with E-state index >= 15 is 0 Å². The van der Waals surface area contributed by atoms with Gasteiger partial charge in [0.2, 0.25) is 0 Å². The maximum absolute atomic E-state index is 14.1. The topological polar surface area (TPSA) is 41.5 Å². The number of nitrogens with zero attached hydrogens (tertiary/aromatic N) is 1. The van der Waals surface area contributed by atoms with Crippen LogP contribution in [-0.4, -0.2) is 11.5 Å². The van der Waals surface area contributed by atoms with Gasteiger partial charge in [0.25, 0.3) is 0 Å². The molecule has 0 spiro atoms. The molecule has 0 amide bonds. The van der Waals surface area contributed by atoms with E-state index in [4.69, 9.17) is 4.99 Å². The number of Topliss-reactive ketones (excluding diaryl/α,β-unsaturated/α-hetero) is 1. The Kier molecular flexibility index (Phi) is 3.53. The van der Waals surface area contributed by atoms with Crippen LogP contribution in [0.4, 0.5) is 15.8 Å². The van der Waals surface area contributed by atoms with Crippen molar-refractivity contribution in [1.29, 1.82) is 0 Å². The SMILES string of the molecule is CC1=C2C(=O)CC(c3ccccc3F)CC2=Nc2ccccc2N1. The Morgan fingerprint density at radius 1 is 1.08 bits per heavy atom. The zero-order valence-corrected chi connectivity index (χ0v) is 13.3. The van der Waals surface area contributed by atoms with Gasteiger partial charge in [-0.25, -0.2) is 4.39 Å². The molecular formula is C20H17FN2O. The normalized spacial score (nSPS) is 19.8. The summed E-state index contributed by atoms with van der Waals surface area (Å²) in [6.07, 6.45) is 0.875. The summed E-state index contributed by atoms with van der Waals surface area (Å²) in [5, 5.41) is 3.29. The van der Waals surface area contributed by atoms with Gasteiger partial charge in [-0.1, -0.05) is 30.3 Å². The van der Waals surface area contributed by atoms with Crippen LogP contribution < -0.4 is 5.32 Å². The Labute approximate surface area is 139 Å². The van der Waals surface area contributed by atoms with Gasteiger partial charge in [-0.15, -0.1) is 0 Å². The lowest BCUT2D eigenvalue weighted by Gasteiger charge is -2.25. The molecule has 24 heavy (non-hydrogen) atoms. The average molecular weight is 320 g/mol. The fourth-order valence-electron chi connectivity index (χ4n) is 3.53. The van der Waals surface area contributed by atoms with Gasteiger partial charge in [-0.3, -0.25) is 9.79 Å². The van der Waals surface area contributed by atoms with E-state index in [0.717, 1.165) is 22.8 Å². The van der Waals surface area contributed by atoms with Crippen LogP contribution in [-0.2, 0) is 4.79 Å². The number of anilines is 1. The monoisotopic (exact) mass is 320 g/mol. The first-order valence-electron chi connectivity index (χ1n) is 8.06. The van der Waals surface area contributed by atoms with Crippen LogP contribution in [0.3, 0.4) is 0 Å². The van der Waals surface area contributed by atoms with Crippen LogP contribution in [0, 0.1) is 5.82 Å². The highest BCUT2D eigenvalue weighted by molar-refractivity contribution is 6.26. The van der Waals surface area contributed by atoms with E-state index in [1.807, 2.05) is 37.3 Å². The molecule has 1 atom stereocenters. The molecule has 1 fully saturated rings. The number of hydrogen-bond donors (Lipinski definition) is 1. The molecule has 1 saturated carbocycles. The summed E-state index contributed by atoms with van der Waals surface area (Å²) in [6.45, 7) is 1.90. The number of carbonyl (C=O) groups excluding carboxylic acids is 1. The molecule has 3 nitrogen and oxygen atoms in total. The number of para-hydroxylation sites is 2. The van der Waals surface area contributed by atoms with Gasteiger partial charge in [0.05, 0.1) is 22.7 Å². The number of fused-ring (bicyclic) bond motifs is 2. The van der Waals surface area contributed by atoms with E-state index in [2.05, 4.69) is 5.32 Å². The highest BCUT2D eigenvalue weighted by atomic mass is 19.1. The van der Waals surface area contributed by atoms with Gasteiger partial charge in [0.15, 0.2) is 5.78 Å². The molecule has 1 unspecified atom stereocenters. The molecule has 0 bridgehead atoms. The molecule has 2 aromatic carbocycles. The summed E-state index contributed by atoms with van der Waals surface area (Å²) < 4.78 is 14.1. The second-order valence-electron chi connectivity index (χ2n) is 6.25. The Morgan fingerprint density at radius 2 is 1.83 bits per heavy atom. The largest absolute Gasteiger partial charge is 0.357 e. The molecular weight excluding hydrogens is 303 g/mol. The zero-order valence-electron chi connectivity index (χ0n) is 13.3. The minimum absolute atomic E-state index is 0.0195. The first-order valence-corrected chi connectivity index (χ1v) is 8.06. The Hall–Kier alpha value is -2.75. The number of benzene rings is 2. The lowest BCUT2D eigenvalue weighted by atomic mass is 9.78. The van der Waals surface area contributed by atoms with E-state index < -0.39 is 0 Å². The number of ketones is 1. The van der Waals surface area contributed by atoms with Crippen LogP contribution >= 0.6 is 0 Å². The van der Waals surface area contributed by atoms with Crippen molar-refractivity contribution in [2.24, 2.45) is 4.99 Å². The van der Waals surface area contributed by atoms with Gasteiger partial charge >= 0.3 is 0 Å². The number of hydrogen-bond acceptors (Lipinski definition) is 3. The third-order valence-corrected chi connectivity index (χ3v) is 4.64. The Bertz CT molecular complexity index is 898. The quantitative estimate of drug-likeness (QED) is 0.824. The second-order valence-corrected chi connectivity index (χ2v) is 6.25. The van der Waals surface area contributed by atoms with Gasteiger partial charge in [-0.05, 0) is 43.0 Å². The van der Waals surface area contributed by atoms with Crippen molar-refractivity contribution < 1.29 is 9.18 Å². The van der Waals surface area contributed by atoms with E-state index in [9.17, 15) is 9.18 Å². The fourth-order valence-corrected chi connectivity index (χ4v) is 3.53. The standard InChI is InChI=1S/C20H17FN2O/c1-12-20-18(23-17-9-5-4-8-16(17)22-12)10-13(11-19(20)24)14-6-2-3-7-15(14)21/h2-9,13,22H,10-11H2,1H3. The predicted octanol–water partition coefficient (Wildman–Crippen LogP) is 4.74. The number of halogens is 1. The molecule has 1 aliphatic carbocycles. The van der Waals surface area contributed by atoms with Crippen molar-refractivity contribution in [3.05, 3.63) is 71.2 Å². The summed E-state index contributed by atoms with van der Waals surface area (Å²) in [6, 6.07) is 14.4. The Morgan fingerprint density at radius 3 is 2.67 bits per heavy atom. The van der Waals surface area contributed by atoms with Crippen LogP contribution in [0.2, 0.25) is 0 Å². The highest BCUT2D eigenvalue weighted by Crippen LogP contribution is 2.38. The summed E-state index contributed by atoms with van der Waals surface area (Å²) in [5.74, 6) is -0.405. The molecule has 0 aromatic heterocycles. The van der Waals surface area contributed by atoms with Crippen molar-refractivity contribution in [2.75, 3.05) is 5.32 Å². The zero-order chi connectivity index (χ0) is 16.7. The number of nitrogens with one attached hydrogen (secondary N) is 1. The predicted molar refractivity (Wildman–Crippen MR) is 93.2 cm³/mol. The smallest absolute Gasteiger partial charge is 0.167 e. The minimum Gasteiger partial charge on any atom is -0.357 e. The first-order chi connectivity index (χ1) is 11.6. The lowest BCUT2D eigenvalue weighted by Crippen LogP contribution is -2.27. The lowest BCUT2D eigenvalue weighted by molar-refractivity contribution is -0.115. The summed E-state index contributed by atoms with van der Waals surface area (Å²) in [7, 11) is 0. The molecule has 4 rings (SSSR count). The summed E-state index contributed by atoms with van der Waals surface area (Å²) >= 11 is 0. The number of allylic oxidation sites excluding steroid dienone is 2. The maximum atomic E-state index is 14.1. The van der Waals surface area contributed by atoms with Crippen molar-refractivity contribution >= 4 is 22.9 Å². The third kappa shape index (κ3) is 2.44. The molecule has 1 N–H and O–H groups in total. The van der Waals surface area contributed by atoms with E-state index in [0.29, 0.717) is 24.0 Å². The number of carbonyl (C=O) groups is 1. The van der Waals surface area contributed by atoms with Gasteiger partial charge in [-0.2, -0.15) is 0 Å². The van der Waals surface area contributed by atoms with Crippen LogP contribution in [0.1, 0.15) is 31.2 Å². The average Bonchev–Trinajstić information content (AvgIpc) is 2.70. The highest BCUT2D eigenvalue weighted by Gasteiger charge is 2.33. The first kappa shape index (κ1) is 14.8. The maximum Gasteiger partial charge on any atom is 0.167 e. The molecule has 0 saturated heterocycles. The molecule has 1 heterocycles. The van der Waals surface area contributed by atoms with Crippen molar-refractivity contribution in [2.45, 2.75) is 25.7 Å². The number of rotatable bonds is 1. The number of aliphatic imine (C=N–C) groups is 1. The van der Waals surface area contributed by atoms with Crippen LogP contribution in [0.5, 0.6) is 0 Å². The van der Waals surface area contributed by atoms with Gasteiger partial charge in [0, 0.05) is 12.1 Å². The second kappa shape index (κ2) is 5.71.